The van der Waals surface area contributed by atoms with Crippen molar-refractivity contribution in [3.8, 4) is 0 Å². The van der Waals surface area contributed by atoms with Crippen LogP contribution in [-0.4, -0.2) is 42.3 Å². The van der Waals surface area contributed by atoms with E-state index in [4.69, 9.17) is 9.97 Å². The van der Waals surface area contributed by atoms with Crippen molar-refractivity contribution in [3.63, 3.8) is 0 Å². The van der Waals surface area contributed by atoms with E-state index >= 15 is 0 Å². The Morgan fingerprint density at radius 1 is 0.944 bits per heavy atom. The standard InChI is InChI=1S/C30H36N4O2/c1-34(2)29-25-12-6-7-13-26(25)32-28(33-29)14-8-11-23-15-17-24(18-16-23)21-31-30(36)27(35)20-19-22-9-4-3-5-10-22/h3-7,9-10,12-13,19-20,23-24H,8,11,14-18,21H2,1-2H3,(H,31,36)/b20-19+. The number of amides is 1. The molecule has 4 rings (SSSR count). The summed E-state index contributed by atoms with van der Waals surface area (Å²) in [6.07, 6.45) is 10.7. The number of nitrogens with one attached hydrogen (secondary N) is 1. The van der Waals surface area contributed by atoms with Crippen LogP contribution < -0.4 is 10.2 Å². The number of aryl methyl sites for hydroxylation is 1. The quantitative estimate of drug-likeness (QED) is 0.315. The number of ketones is 1. The van der Waals surface area contributed by atoms with Gasteiger partial charge < -0.3 is 10.2 Å². The van der Waals surface area contributed by atoms with Crippen LogP contribution in [0.3, 0.4) is 0 Å². The minimum atomic E-state index is -0.517. The molecule has 0 unspecified atom stereocenters. The van der Waals surface area contributed by atoms with Gasteiger partial charge in [-0.2, -0.15) is 0 Å². The highest BCUT2D eigenvalue weighted by Gasteiger charge is 2.22. The number of aromatic nitrogens is 2. The van der Waals surface area contributed by atoms with Gasteiger partial charge in [-0.1, -0.05) is 67.8 Å². The number of hydrogen-bond acceptors (Lipinski definition) is 5. The SMILES string of the molecule is CN(C)c1nc(CCCC2CCC(CNC(=O)C(=O)/C=C/c3ccccc3)CC2)nc2ccccc12. The smallest absolute Gasteiger partial charge is 0.291 e. The topological polar surface area (TPSA) is 75.2 Å². The summed E-state index contributed by atoms with van der Waals surface area (Å²) in [5.41, 5.74) is 1.91. The van der Waals surface area contributed by atoms with Gasteiger partial charge in [0, 0.05) is 32.4 Å². The molecule has 1 fully saturated rings. The van der Waals surface area contributed by atoms with Gasteiger partial charge >= 0.3 is 0 Å². The van der Waals surface area contributed by atoms with Crippen LogP contribution in [0.4, 0.5) is 5.82 Å². The minimum absolute atomic E-state index is 0.447. The van der Waals surface area contributed by atoms with Crippen molar-refractivity contribution in [2.45, 2.75) is 44.9 Å². The van der Waals surface area contributed by atoms with Crippen molar-refractivity contribution in [2.24, 2.45) is 11.8 Å². The fraction of sp³-hybridized carbons (Fsp3) is 0.400. The van der Waals surface area contributed by atoms with Gasteiger partial charge in [0.05, 0.1) is 5.52 Å². The number of carbonyl (C=O) groups excluding carboxylic acids is 2. The highest BCUT2D eigenvalue weighted by molar-refractivity contribution is 6.41. The Morgan fingerprint density at radius 2 is 1.64 bits per heavy atom. The summed E-state index contributed by atoms with van der Waals surface area (Å²) >= 11 is 0. The lowest BCUT2D eigenvalue weighted by Crippen LogP contribution is -2.35. The first kappa shape index (κ1) is 25.5. The summed E-state index contributed by atoms with van der Waals surface area (Å²) < 4.78 is 0. The van der Waals surface area contributed by atoms with Gasteiger partial charge in [0.15, 0.2) is 0 Å². The lowest BCUT2D eigenvalue weighted by atomic mass is 9.80. The Labute approximate surface area is 213 Å². The fourth-order valence-electron chi connectivity index (χ4n) is 4.97. The zero-order valence-corrected chi connectivity index (χ0v) is 21.3. The number of hydrogen-bond donors (Lipinski definition) is 1. The zero-order chi connectivity index (χ0) is 25.3. The molecule has 1 aromatic heterocycles. The highest BCUT2D eigenvalue weighted by Crippen LogP contribution is 2.32. The molecule has 1 N–H and O–H groups in total. The molecule has 0 saturated heterocycles. The van der Waals surface area contributed by atoms with E-state index in [2.05, 4.69) is 22.3 Å². The van der Waals surface area contributed by atoms with Crippen molar-refractivity contribution >= 4 is 34.5 Å². The monoisotopic (exact) mass is 484 g/mol. The predicted octanol–water partition coefficient (Wildman–Crippen LogP) is 5.22. The van der Waals surface area contributed by atoms with Gasteiger partial charge in [0.2, 0.25) is 5.78 Å². The lowest BCUT2D eigenvalue weighted by molar-refractivity contribution is -0.135. The molecular weight excluding hydrogens is 448 g/mol. The van der Waals surface area contributed by atoms with E-state index in [0.29, 0.717) is 18.4 Å². The normalized spacial score (nSPS) is 17.8. The van der Waals surface area contributed by atoms with Gasteiger partial charge in [-0.25, -0.2) is 9.97 Å². The molecule has 1 aliphatic rings. The Morgan fingerprint density at radius 3 is 2.39 bits per heavy atom. The van der Waals surface area contributed by atoms with Gasteiger partial charge in [-0.15, -0.1) is 0 Å². The van der Waals surface area contributed by atoms with Crippen LogP contribution >= 0.6 is 0 Å². The van der Waals surface area contributed by atoms with Crippen LogP contribution in [-0.2, 0) is 16.0 Å². The van der Waals surface area contributed by atoms with E-state index in [0.717, 1.165) is 53.8 Å². The fourth-order valence-corrected chi connectivity index (χ4v) is 4.97. The molecule has 36 heavy (non-hydrogen) atoms. The summed E-state index contributed by atoms with van der Waals surface area (Å²) in [7, 11) is 4.05. The second-order valence-corrected chi connectivity index (χ2v) is 9.97. The molecule has 0 aliphatic heterocycles. The van der Waals surface area contributed by atoms with Gasteiger partial charge in [-0.3, -0.25) is 9.59 Å². The Bertz CT molecular complexity index is 1200. The maximum Gasteiger partial charge on any atom is 0.291 e. The van der Waals surface area contributed by atoms with Crippen molar-refractivity contribution in [1.29, 1.82) is 0 Å². The third-order valence-electron chi connectivity index (χ3n) is 7.03. The highest BCUT2D eigenvalue weighted by atomic mass is 16.2. The summed E-state index contributed by atoms with van der Waals surface area (Å²) in [6.45, 7) is 0.578. The molecule has 1 heterocycles. The minimum Gasteiger partial charge on any atom is -0.362 e. The van der Waals surface area contributed by atoms with Crippen LogP contribution in [0.15, 0.2) is 60.7 Å². The number of carbonyl (C=O) groups is 2. The number of fused-ring (bicyclic) bond motifs is 1. The predicted molar refractivity (Wildman–Crippen MR) is 146 cm³/mol. The summed E-state index contributed by atoms with van der Waals surface area (Å²) in [5, 5.41) is 3.93. The van der Waals surface area contributed by atoms with Gasteiger partial charge in [0.1, 0.15) is 11.6 Å². The number of anilines is 1. The molecule has 1 aliphatic carbocycles. The molecular formula is C30H36N4O2. The van der Waals surface area contributed by atoms with E-state index < -0.39 is 11.7 Å². The second kappa shape index (κ2) is 12.4. The first-order valence-electron chi connectivity index (χ1n) is 13.0. The number of rotatable bonds is 10. The third kappa shape index (κ3) is 7.00. The lowest BCUT2D eigenvalue weighted by Gasteiger charge is -2.28. The van der Waals surface area contributed by atoms with Crippen molar-refractivity contribution in [3.05, 3.63) is 72.1 Å². The van der Waals surface area contributed by atoms with Crippen LogP contribution in [0.1, 0.15) is 49.9 Å². The maximum atomic E-state index is 12.2. The Hall–Kier alpha value is -3.54. The number of nitrogens with zero attached hydrogens (tertiary/aromatic N) is 3. The van der Waals surface area contributed by atoms with Gasteiger partial charge in [0.25, 0.3) is 5.91 Å². The molecule has 1 amide bonds. The molecule has 6 heteroatoms. The first-order chi connectivity index (χ1) is 17.5. The summed E-state index contributed by atoms with van der Waals surface area (Å²) in [5.74, 6) is 2.04. The largest absolute Gasteiger partial charge is 0.362 e. The summed E-state index contributed by atoms with van der Waals surface area (Å²) in [6, 6.07) is 17.7. The van der Waals surface area contributed by atoms with Gasteiger partial charge in [-0.05, 0) is 54.9 Å². The number of benzene rings is 2. The molecule has 2 aromatic carbocycles. The molecule has 0 bridgehead atoms. The molecule has 0 spiro atoms. The van der Waals surface area contributed by atoms with Crippen molar-refractivity contribution in [2.75, 3.05) is 25.5 Å². The van der Waals surface area contributed by atoms with Crippen LogP contribution in [0, 0.1) is 11.8 Å². The summed E-state index contributed by atoms with van der Waals surface area (Å²) in [4.78, 5) is 35.9. The molecule has 0 radical (unpaired) electrons. The van der Waals surface area contributed by atoms with E-state index in [1.807, 2.05) is 56.6 Å². The van der Waals surface area contributed by atoms with Crippen LogP contribution in [0.25, 0.3) is 17.0 Å². The molecule has 3 aromatic rings. The second-order valence-electron chi connectivity index (χ2n) is 9.97. The average molecular weight is 485 g/mol. The first-order valence-corrected chi connectivity index (χ1v) is 13.0. The van der Waals surface area contributed by atoms with Crippen molar-refractivity contribution < 1.29 is 9.59 Å². The van der Waals surface area contributed by atoms with Crippen LogP contribution in [0.2, 0.25) is 0 Å². The maximum absolute atomic E-state index is 12.2. The Kier molecular flexibility index (Phi) is 8.82. The zero-order valence-electron chi connectivity index (χ0n) is 21.3. The van der Waals surface area contributed by atoms with Crippen molar-refractivity contribution in [1.82, 2.24) is 15.3 Å². The van der Waals surface area contributed by atoms with E-state index in [9.17, 15) is 9.59 Å². The van der Waals surface area contributed by atoms with E-state index in [1.54, 1.807) is 6.08 Å². The molecule has 0 atom stereocenters. The van der Waals surface area contributed by atoms with E-state index in [-0.39, 0.29) is 0 Å². The Balaban J connectivity index is 1.17. The number of para-hydroxylation sites is 1. The van der Waals surface area contributed by atoms with Crippen LogP contribution in [0.5, 0.6) is 0 Å². The average Bonchev–Trinajstić information content (AvgIpc) is 2.91. The molecule has 6 nitrogen and oxygen atoms in total. The van der Waals surface area contributed by atoms with E-state index in [1.165, 1.54) is 25.3 Å². The molecule has 1 saturated carbocycles. The molecule has 188 valence electrons. The third-order valence-corrected chi connectivity index (χ3v) is 7.03.